The molecular weight excluding hydrogens is 288 g/mol. The minimum absolute atomic E-state index is 0.250. The Hall–Kier alpha value is -1.71. The van der Waals surface area contributed by atoms with E-state index in [0.717, 1.165) is 17.5 Å². The normalized spacial score (nSPS) is 13.8. The lowest BCUT2D eigenvalue weighted by Crippen LogP contribution is -2.21. The highest BCUT2D eigenvalue weighted by molar-refractivity contribution is 7.82. The van der Waals surface area contributed by atoms with Gasteiger partial charge < -0.3 is 14.6 Å². The Labute approximate surface area is 130 Å². The smallest absolute Gasteiger partial charge is 0.161 e. The standard InChI is InChI=1S/C13H14N2O2S.C2H6O/c1-16-10-5-8-3-4-15-13(12(18)7-14)9(8)6-11(10)17-2;1-2-3/h5-6,12,18H,3-4H2,1-2H3;3H,2H2,1H3. The second-order valence-corrected chi connectivity index (χ2v) is 4.75. The average Bonchev–Trinajstić information content (AvgIpc) is 2.52. The number of rotatable bonds is 3. The minimum Gasteiger partial charge on any atom is -0.493 e. The molecule has 1 aromatic rings. The maximum Gasteiger partial charge on any atom is 0.161 e. The summed E-state index contributed by atoms with van der Waals surface area (Å²) < 4.78 is 10.6. The van der Waals surface area contributed by atoms with Crippen molar-refractivity contribution in [3.05, 3.63) is 23.3 Å². The third-order valence-corrected chi connectivity index (χ3v) is 3.29. The van der Waals surface area contributed by atoms with Crippen LogP contribution in [-0.4, -0.2) is 43.4 Å². The van der Waals surface area contributed by atoms with E-state index in [2.05, 4.69) is 23.7 Å². The van der Waals surface area contributed by atoms with Gasteiger partial charge in [0.05, 0.1) is 26.0 Å². The van der Waals surface area contributed by atoms with Crippen LogP contribution in [0.3, 0.4) is 0 Å². The average molecular weight is 308 g/mol. The first-order chi connectivity index (χ1) is 10.1. The van der Waals surface area contributed by atoms with Crippen molar-refractivity contribution in [2.24, 2.45) is 4.99 Å². The SMILES string of the molecule is CCO.COc1cc2c(cc1OC)C(C(S)C#N)=NCC2. The van der Waals surface area contributed by atoms with E-state index in [0.29, 0.717) is 23.8 Å². The van der Waals surface area contributed by atoms with Crippen LogP contribution < -0.4 is 9.47 Å². The number of thiol groups is 1. The van der Waals surface area contributed by atoms with E-state index < -0.39 is 5.25 Å². The lowest BCUT2D eigenvalue weighted by Gasteiger charge is -2.20. The zero-order chi connectivity index (χ0) is 15.8. The van der Waals surface area contributed by atoms with Gasteiger partial charge in [-0.1, -0.05) is 0 Å². The molecule has 1 unspecified atom stereocenters. The van der Waals surface area contributed by atoms with Gasteiger partial charge in [0.15, 0.2) is 11.5 Å². The molecule has 5 nitrogen and oxygen atoms in total. The molecule has 1 aliphatic heterocycles. The fraction of sp³-hybridized carbons (Fsp3) is 0.467. The molecule has 0 amide bonds. The molecule has 0 fully saturated rings. The quantitative estimate of drug-likeness (QED) is 0.836. The van der Waals surface area contributed by atoms with Gasteiger partial charge in [-0.05, 0) is 31.0 Å². The highest BCUT2D eigenvalue weighted by Gasteiger charge is 2.22. The number of hydrogen-bond donors (Lipinski definition) is 2. The van der Waals surface area contributed by atoms with Crippen molar-refractivity contribution in [1.29, 1.82) is 5.26 Å². The highest BCUT2D eigenvalue weighted by Crippen LogP contribution is 2.33. The molecule has 0 bridgehead atoms. The van der Waals surface area contributed by atoms with Crippen molar-refractivity contribution in [2.45, 2.75) is 18.6 Å². The van der Waals surface area contributed by atoms with E-state index in [1.165, 1.54) is 0 Å². The molecule has 6 heteroatoms. The number of nitrogens with zero attached hydrogens (tertiary/aromatic N) is 2. The first-order valence-electron chi connectivity index (χ1n) is 6.61. The van der Waals surface area contributed by atoms with Crippen molar-refractivity contribution in [1.82, 2.24) is 0 Å². The van der Waals surface area contributed by atoms with Crippen LogP contribution in [0.1, 0.15) is 18.1 Å². The first-order valence-corrected chi connectivity index (χ1v) is 7.12. The van der Waals surface area contributed by atoms with Crippen LogP contribution >= 0.6 is 12.6 Å². The molecule has 0 aliphatic carbocycles. The fourth-order valence-corrected chi connectivity index (χ4v) is 2.26. The van der Waals surface area contributed by atoms with Gasteiger partial charge in [0.1, 0.15) is 5.25 Å². The number of methoxy groups -OCH3 is 2. The predicted octanol–water partition coefficient (Wildman–Crippen LogP) is 1.87. The Morgan fingerprint density at radius 1 is 1.38 bits per heavy atom. The van der Waals surface area contributed by atoms with Crippen molar-refractivity contribution in [3.63, 3.8) is 0 Å². The van der Waals surface area contributed by atoms with Crippen LogP contribution in [-0.2, 0) is 6.42 Å². The van der Waals surface area contributed by atoms with Crippen molar-refractivity contribution < 1.29 is 14.6 Å². The zero-order valence-corrected chi connectivity index (χ0v) is 13.4. The van der Waals surface area contributed by atoms with Crippen LogP contribution in [0.2, 0.25) is 0 Å². The number of benzene rings is 1. The molecule has 0 saturated heterocycles. The van der Waals surface area contributed by atoms with Gasteiger partial charge in [0.25, 0.3) is 0 Å². The molecule has 0 aromatic heterocycles. The Balaban J connectivity index is 0.000000677. The molecular formula is C15H20N2O3S. The zero-order valence-electron chi connectivity index (χ0n) is 12.5. The van der Waals surface area contributed by atoms with Crippen LogP contribution in [0.5, 0.6) is 11.5 Å². The molecule has 0 spiro atoms. The third kappa shape index (κ3) is 4.13. The fourth-order valence-electron chi connectivity index (χ4n) is 2.04. The summed E-state index contributed by atoms with van der Waals surface area (Å²) in [6.07, 6.45) is 0.838. The molecule has 1 atom stereocenters. The van der Waals surface area contributed by atoms with Crippen LogP contribution in [0.25, 0.3) is 0 Å². The van der Waals surface area contributed by atoms with Crippen molar-refractivity contribution in [3.8, 4) is 17.6 Å². The van der Waals surface area contributed by atoms with Crippen LogP contribution in [0.15, 0.2) is 17.1 Å². The summed E-state index contributed by atoms with van der Waals surface area (Å²) in [5, 5.41) is 16.0. The first kappa shape index (κ1) is 17.3. The minimum atomic E-state index is -0.512. The largest absolute Gasteiger partial charge is 0.493 e. The van der Waals surface area contributed by atoms with Crippen LogP contribution in [0.4, 0.5) is 0 Å². The molecule has 0 saturated carbocycles. The molecule has 1 N–H and O–H groups in total. The van der Waals surface area contributed by atoms with Gasteiger partial charge in [0, 0.05) is 18.7 Å². The summed E-state index contributed by atoms with van der Waals surface area (Å²) in [5.41, 5.74) is 2.76. The van der Waals surface area contributed by atoms with Gasteiger partial charge in [-0.2, -0.15) is 17.9 Å². The lowest BCUT2D eigenvalue weighted by molar-refractivity contribution is 0.318. The summed E-state index contributed by atoms with van der Waals surface area (Å²) in [7, 11) is 3.20. The Kier molecular flexibility index (Phi) is 7.06. The summed E-state index contributed by atoms with van der Waals surface area (Å²) >= 11 is 4.25. The van der Waals surface area contributed by atoms with Gasteiger partial charge >= 0.3 is 0 Å². The van der Waals surface area contributed by atoms with Crippen LogP contribution in [0, 0.1) is 11.3 Å². The molecule has 1 aromatic carbocycles. The Bertz CT molecular complexity index is 553. The second kappa shape index (κ2) is 8.55. The van der Waals surface area contributed by atoms with E-state index >= 15 is 0 Å². The summed E-state index contributed by atoms with van der Waals surface area (Å²) in [5.74, 6) is 1.34. The van der Waals surface area contributed by atoms with E-state index in [1.807, 2.05) is 12.1 Å². The predicted molar refractivity (Wildman–Crippen MR) is 85.8 cm³/mol. The molecule has 114 valence electrons. The number of aliphatic hydroxyl groups excluding tert-OH is 1. The van der Waals surface area contributed by atoms with E-state index in [4.69, 9.17) is 19.8 Å². The molecule has 2 rings (SSSR count). The number of ether oxygens (including phenoxy) is 2. The van der Waals surface area contributed by atoms with Crippen molar-refractivity contribution in [2.75, 3.05) is 27.4 Å². The van der Waals surface area contributed by atoms with E-state index in [9.17, 15) is 0 Å². The van der Waals surface area contributed by atoms with Gasteiger partial charge in [-0.25, -0.2) is 0 Å². The Morgan fingerprint density at radius 3 is 2.48 bits per heavy atom. The lowest BCUT2D eigenvalue weighted by atomic mass is 9.95. The maximum atomic E-state index is 8.98. The number of hydrogen-bond acceptors (Lipinski definition) is 6. The molecule has 1 aliphatic rings. The third-order valence-electron chi connectivity index (χ3n) is 2.93. The maximum absolute atomic E-state index is 8.98. The summed E-state index contributed by atoms with van der Waals surface area (Å²) in [6.45, 7) is 2.61. The molecule has 21 heavy (non-hydrogen) atoms. The molecule has 1 heterocycles. The summed E-state index contributed by atoms with van der Waals surface area (Å²) in [4.78, 5) is 4.39. The Morgan fingerprint density at radius 2 is 1.95 bits per heavy atom. The monoisotopic (exact) mass is 308 g/mol. The topological polar surface area (TPSA) is 74.8 Å². The van der Waals surface area contributed by atoms with E-state index in [1.54, 1.807) is 21.1 Å². The van der Waals surface area contributed by atoms with Gasteiger partial charge in [-0.3, -0.25) is 4.99 Å². The van der Waals surface area contributed by atoms with Gasteiger partial charge in [-0.15, -0.1) is 0 Å². The second-order valence-electron chi connectivity index (χ2n) is 4.23. The van der Waals surface area contributed by atoms with Crippen molar-refractivity contribution >= 4 is 18.3 Å². The van der Waals surface area contributed by atoms with Gasteiger partial charge in [0.2, 0.25) is 0 Å². The number of nitriles is 1. The highest BCUT2D eigenvalue weighted by atomic mass is 32.1. The summed E-state index contributed by atoms with van der Waals surface area (Å²) in [6, 6.07) is 5.92. The van der Waals surface area contributed by atoms with E-state index in [-0.39, 0.29) is 6.61 Å². The number of aliphatic hydroxyl groups is 1. The number of aliphatic imine (C=N–C) groups is 1. The number of fused-ring (bicyclic) bond motifs is 1. The molecule has 0 radical (unpaired) electrons.